The molecule has 0 saturated heterocycles. The van der Waals surface area contributed by atoms with Crippen LogP contribution in [0.25, 0.3) is 0 Å². The van der Waals surface area contributed by atoms with Crippen molar-refractivity contribution < 1.29 is 4.79 Å². The summed E-state index contributed by atoms with van der Waals surface area (Å²) in [4.78, 5) is 14.3. The maximum Gasteiger partial charge on any atom is 0.177 e. The number of carbonyl (C=O) groups excluding carboxylic acids is 1. The third kappa shape index (κ3) is 12.7. The van der Waals surface area contributed by atoms with Crippen molar-refractivity contribution in [2.75, 3.05) is 0 Å². The summed E-state index contributed by atoms with van der Waals surface area (Å²) in [7, 11) is 0. The smallest absolute Gasteiger partial charge is 0.177 e. The van der Waals surface area contributed by atoms with E-state index in [0.29, 0.717) is 0 Å². The average Bonchev–Trinajstić information content (AvgIpc) is 2.61. The second-order valence-electron chi connectivity index (χ2n) is 6.42. The number of aryl methyl sites for hydroxylation is 1. The van der Waals surface area contributed by atoms with Crippen LogP contribution in [0, 0.1) is 5.92 Å². The minimum Gasteiger partial charge on any atom is -0.293 e. The van der Waals surface area contributed by atoms with Gasteiger partial charge in [0.25, 0.3) is 0 Å². The third-order valence-corrected chi connectivity index (χ3v) is 4.27. The molecule has 0 aliphatic carbocycles. The van der Waals surface area contributed by atoms with Crippen LogP contribution in [-0.4, -0.2) is 12.0 Å². The van der Waals surface area contributed by atoms with E-state index in [9.17, 15) is 4.79 Å². The second-order valence-corrected chi connectivity index (χ2v) is 6.86. The zero-order valence-electron chi connectivity index (χ0n) is 16.8. The predicted molar refractivity (Wildman–Crippen MR) is 116 cm³/mol. The fourth-order valence-electron chi connectivity index (χ4n) is 2.62. The van der Waals surface area contributed by atoms with Crippen molar-refractivity contribution >= 4 is 23.6 Å². The van der Waals surface area contributed by atoms with Gasteiger partial charge in [0, 0.05) is 18.2 Å². The van der Waals surface area contributed by atoms with Crippen molar-refractivity contribution in [2.45, 2.75) is 66.2 Å². The number of carbonyl (C=O) groups is 1. The van der Waals surface area contributed by atoms with Crippen molar-refractivity contribution in [2.24, 2.45) is 10.9 Å². The third-order valence-electron chi connectivity index (χ3n) is 4.04. The highest BCUT2D eigenvalue weighted by Crippen LogP contribution is 2.21. The van der Waals surface area contributed by atoms with Gasteiger partial charge < -0.3 is 0 Å². The van der Waals surface area contributed by atoms with Gasteiger partial charge >= 0.3 is 0 Å². The topological polar surface area (TPSA) is 29.4 Å². The quantitative estimate of drug-likeness (QED) is 0.313. The molecule has 0 atom stereocenters. The first-order valence-electron chi connectivity index (χ1n) is 9.54. The van der Waals surface area contributed by atoms with E-state index in [1.165, 1.54) is 51.0 Å². The van der Waals surface area contributed by atoms with E-state index in [-0.39, 0.29) is 11.5 Å². The van der Waals surface area contributed by atoms with Crippen LogP contribution in [0.15, 0.2) is 53.7 Å². The van der Waals surface area contributed by atoms with Crippen LogP contribution in [0.3, 0.4) is 0 Å². The molecule has 0 aromatic heterocycles. The summed E-state index contributed by atoms with van der Waals surface area (Å²) < 4.78 is 0. The molecule has 0 spiro atoms. The molecule has 2 nitrogen and oxygen atoms in total. The molecule has 0 unspecified atom stereocenters. The monoisotopic (exact) mass is 375 g/mol. The van der Waals surface area contributed by atoms with Gasteiger partial charge in [-0.1, -0.05) is 75.9 Å². The summed E-state index contributed by atoms with van der Waals surface area (Å²) in [6, 6.07) is 8.27. The molecule has 3 heteroatoms. The van der Waals surface area contributed by atoms with Crippen molar-refractivity contribution in [1.29, 1.82) is 0 Å². The van der Waals surface area contributed by atoms with Gasteiger partial charge in [0.2, 0.25) is 0 Å². The van der Waals surface area contributed by atoms with E-state index in [1.807, 2.05) is 25.1 Å². The number of hydrogen-bond acceptors (Lipinski definition) is 2. The Morgan fingerprint density at radius 2 is 1.88 bits per heavy atom. The minimum atomic E-state index is -0.0965. The first-order chi connectivity index (χ1) is 12.4. The summed E-state index contributed by atoms with van der Waals surface area (Å²) in [5.41, 5.74) is 1.67. The molecule has 0 N–H and O–H groups in total. The molecule has 0 amide bonds. The highest BCUT2D eigenvalue weighted by atomic mass is 35.5. The van der Waals surface area contributed by atoms with Crippen LogP contribution >= 0.6 is 11.6 Å². The number of Topliss-reactive ketones (excluding diaryl/α,β-unsaturated/α-hetero) is 1. The molecule has 0 radical (unpaired) electrons. The molecule has 144 valence electrons. The normalized spacial score (nSPS) is 11.0. The molecule has 0 aliphatic rings. The van der Waals surface area contributed by atoms with Gasteiger partial charge in [0.05, 0.1) is 5.70 Å². The number of hydrogen-bond donors (Lipinski definition) is 0. The first kappa shape index (κ1) is 24.3. The van der Waals surface area contributed by atoms with E-state index in [1.54, 1.807) is 12.3 Å². The second kappa shape index (κ2) is 15.6. The van der Waals surface area contributed by atoms with Gasteiger partial charge in [-0.25, -0.2) is 0 Å². The number of halogens is 1. The Morgan fingerprint density at radius 1 is 1.23 bits per heavy atom. The van der Waals surface area contributed by atoms with Gasteiger partial charge in [-0.3, -0.25) is 9.79 Å². The van der Waals surface area contributed by atoms with Gasteiger partial charge in [0.15, 0.2) is 5.78 Å². The summed E-state index contributed by atoms with van der Waals surface area (Å²) in [5.74, 6) is 0.801. The van der Waals surface area contributed by atoms with Crippen LogP contribution in [0.1, 0.15) is 65.4 Å². The Kier molecular flexibility index (Phi) is 14.6. The van der Waals surface area contributed by atoms with E-state index in [2.05, 4.69) is 37.6 Å². The maximum absolute atomic E-state index is 10.5. The van der Waals surface area contributed by atoms with Crippen LogP contribution < -0.4 is 0 Å². The van der Waals surface area contributed by atoms with E-state index in [4.69, 9.17) is 11.6 Å². The standard InChI is InChI=1S/C15H23Cl.C8H11NO/c1-3-6-13(7-4-2)10-11-14-8-5-9-15(16)12-14;1-4-5-6-9-7(2)8(3)10/h5,8-9,12-13H,3-4,6-7,10-11H2,1-2H3;4-6H,2H2,1,3H3/b;5-4-,9-6?. The SMILES string of the molecule is C=C(N=C/C=C\C)C(C)=O.CCCC(CCC)CCc1cccc(Cl)c1. The zero-order valence-corrected chi connectivity index (χ0v) is 17.6. The van der Waals surface area contributed by atoms with Crippen LogP contribution in [-0.2, 0) is 11.2 Å². The van der Waals surface area contributed by atoms with E-state index < -0.39 is 0 Å². The Hall–Kier alpha value is -1.67. The average molecular weight is 376 g/mol. The molecule has 0 bridgehead atoms. The number of rotatable bonds is 10. The van der Waals surface area contributed by atoms with Crippen molar-refractivity contribution in [1.82, 2.24) is 0 Å². The molecule has 0 heterocycles. The largest absolute Gasteiger partial charge is 0.293 e. The van der Waals surface area contributed by atoms with Crippen molar-refractivity contribution in [3.05, 3.63) is 59.3 Å². The number of ketones is 1. The zero-order chi connectivity index (χ0) is 19.8. The lowest BCUT2D eigenvalue weighted by Gasteiger charge is -2.14. The summed E-state index contributed by atoms with van der Waals surface area (Å²) in [5, 5.41) is 0.861. The number of allylic oxidation sites excluding steroid dienone is 3. The molecule has 1 aromatic carbocycles. The number of nitrogens with zero attached hydrogens (tertiary/aromatic N) is 1. The molecular formula is C23H34ClNO. The lowest BCUT2D eigenvalue weighted by atomic mass is 9.91. The lowest BCUT2D eigenvalue weighted by Crippen LogP contribution is -2.01. The molecule has 0 fully saturated rings. The Balaban J connectivity index is 0.000000541. The van der Waals surface area contributed by atoms with Gasteiger partial charge in [0.1, 0.15) is 0 Å². The summed E-state index contributed by atoms with van der Waals surface area (Å²) in [6.07, 6.45) is 12.9. The fraction of sp³-hybridized carbons (Fsp3) is 0.478. The van der Waals surface area contributed by atoms with Gasteiger partial charge in [-0.05, 0) is 49.5 Å². The number of aliphatic imine (C=N–C) groups is 1. The van der Waals surface area contributed by atoms with Gasteiger partial charge in [-0.2, -0.15) is 0 Å². The first-order valence-corrected chi connectivity index (χ1v) is 9.91. The molecule has 26 heavy (non-hydrogen) atoms. The highest BCUT2D eigenvalue weighted by Gasteiger charge is 2.07. The lowest BCUT2D eigenvalue weighted by molar-refractivity contribution is -0.113. The Morgan fingerprint density at radius 3 is 2.38 bits per heavy atom. The van der Waals surface area contributed by atoms with E-state index in [0.717, 1.165) is 10.9 Å². The Bertz CT molecular complexity index is 584. The minimum absolute atomic E-state index is 0.0965. The van der Waals surface area contributed by atoms with Gasteiger partial charge in [-0.15, -0.1) is 0 Å². The Labute approximate surface area is 165 Å². The molecule has 0 aliphatic heterocycles. The fourth-order valence-corrected chi connectivity index (χ4v) is 2.84. The van der Waals surface area contributed by atoms with Crippen molar-refractivity contribution in [3.8, 4) is 0 Å². The molecular weight excluding hydrogens is 342 g/mol. The molecule has 0 saturated carbocycles. The summed E-state index contributed by atoms with van der Waals surface area (Å²) >= 11 is 5.98. The maximum atomic E-state index is 10.5. The van der Waals surface area contributed by atoms with Crippen LogP contribution in [0.5, 0.6) is 0 Å². The summed E-state index contributed by atoms with van der Waals surface area (Å²) in [6.45, 7) is 11.3. The van der Waals surface area contributed by atoms with Crippen LogP contribution in [0.2, 0.25) is 5.02 Å². The van der Waals surface area contributed by atoms with Crippen LogP contribution in [0.4, 0.5) is 0 Å². The molecule has 1 rings (SSSR count). The number of benzene rings is 1. The predicted octanol–water partition coefficient (Wildman–Crippen LogP) is 7.23. The highest BCUT2D eigenvalue weighted by molar-refractivity contribution is 6.30. The van der Waals surface area contributed by atoms with Crippen molar-refractivity contribution in [3.63, 3.8) is 0 Å². The molecule has 1 aromatic rings. The van der Waals surface area contributed by atoms with E-state index >= 15 is 0 Å².